The van der Waals surface area contributed by atoms with Crippen molar-refractivity contribution >= 4 is 17.7 Å². The van der Waals surface area contributed by atoms with E-state index >= 15 is 0 Å². The number of piperidine rings is 1. The SMILES string of the molecule is O=C1NCC(=O)N2CCN(C(=O)C3CCNCC3)CC12. The van der Waals surface area contributed by atoms with Crippen molar-refractivity contribution in [2.75, 3.05) is 39.3 Å². The molecule has 1 atom stereocenters. The number of nitrogens with zero attached hydrogens (tertiary/aromatic N) is 2. The van der Waals surface area contributed by atoms with Crippen LogP contribution in [0.2, 0.25) is 0 Å². The Morgan fingerprint density at radius 3 is 2.65 bits per heavy atom. The first-order valence-electron chi connectivity index (χ1n) is 7.23. The molecule has 110 valence electrons. The molecule has 3 amide bonds. The minimum atomic E-state index is -0.504. The highest BCUT2D eigenvalue weighted by Crippen LogP contribution is 2.19. The number of hydrogen-bond acceptors (Lipinski definition) is 4. The van der Waals surface area contributed by atoms with E-state index in [-0.39, 0.29) is 30.2 Å². The average Bonchev–Trinajstić information content (AvgIpc) is 2.51. The summed E-state index contributed by atoms with van der Waals surface area (Å²) in [6, 6.07) is -0.504. The highest BCUT2D eigenvalue weighted by Gasteiger charge is 2.40. The monoisotopic (exact) mass is 280 g/mol. The van der Waals surface area contributed by atoms with Gasteiger partial charge in [-0.3, -0.25) is 14.4 Å². The molecule has 20 heavy (non-hydrogen) atoms. The number of rotatable bonds is 1. The second-order valence-electron chi connectivity index (χ2n) is 5.63. The van der Waals surface area contributed by atoms with Gasteiger partial charge in [0.1, 0.15) is 6.04 Å². The van der Waals surface area contributed by atoms with Crippen LogP contribution in [0.1, 0.15) is 12.8 Å². The molecule has 0 radical (unpaired) electrons. The molecule has 3 heterocycles. The van der Waals surface area contributed by atoms with Crippen molar-refractivity contribution in [3.63, 3.8) is 0 Å². The van der Waals surface area contributed by atoms with Gasteiger partial charge in [-0.1, -0.05) is 0 Å². The third-order valence-corrected chi connectivity index (χ3v) is 4.42. The molecule has 0 aromatic carbocycles. The van der Waals surface area contributed by atoms with Gasteiger partial charge in [0.05, 0.1) is 13.1 Å². The quantitative estimate of drug-likeness (QED) is 0.591. The number of amides is 3. The minimum Gasteiger partial charge on any atom is -0.345 e. The van der Waals surface area contributed by atoms with Crippen molar-refractivity contribution in [2.24, 2.45) is 5.92 Å². The summed E-state index contributed by atoms with van der Waals surface area (Å²) in [6.07, 6.45) is 1.71. The number of fused-ring (bicyclic) bond motifs is 1. The molecule has 3 aliphatic rings. The predicted octanol–water partition coefficient (Wildman–Crippen LogP) is -1.84. The number of piperazine rings is 2. The summed E-state index contributed by atoms with van der Waals surface area (Å²) in [4.78, 5) is 39.5. The summed E-state index contributed by atoms with van der Waals surface area (Å²) in [7, 11) is 0. The van der Waals surface area contributed by atoms with Crippen LogP contribution in [-0.4, -0.2) is 72.8 Å². The highest BCUT2D eigenvalue weighted by molar-refractivity contribution is 5.95. The molecular weight excluding hydrogens is 260 g/mol. The normalized spacial score (nSPS) is 28.1. The van der Waals surface area contributed by atoms with Gasteiger partial charge in [-0.15, -0.1) is 0 Å². The van der Waals surface area contributed by atoms with Gasteiger partial charge < -0.3 is 20.4 Å². The average molecular weight is 280 g/mol. The Morgan fingerprint density at radius 2 is 1.90 bits per heavy atom. The smallest absolute Gasteiger partial charge is 0.245 e. The summed E-state index contributed by atoms with van der Waals surface area (Å²) in [5.41, 5.74) is 0. The van der Waals surface area contributed by atoms with Gasteiger partial charge in [0.25, 0.3) is 0 Å². The molecule has 0 spiro atoms. The summed E-state index contributed by atoms with van der Waals surface area (Å²) < 4.78 is 0. The van der Waals surface area contributed by atoms with Gasteiger partial charge in [-0.25, -0.2) is 0 Å². The molecule has 0 aromatic rings. The molecule has 3 saturated heterocycles. The van der Waals surface area contributed by atoms with Crippen molar-refractivity contribution in [3.05, 3.63) is 0 Å². The van der Waals surface area contributed by atoms with Crippen molar-refractivity contribution in [1.82, 2.24) is 20.4 Å². The molecule has 0 saturated carbocycles. The Labute approximate surface area is 117 Å². The van der Waals surface area contributed by atoms with E-state index in [1.54, 1.807) is 9.80 Å². The van der Waals surface area contributed by atoms with Crippen LogP contribution in [-0.2, 0) is 14.4 Å². The summed E-state index contributed by atoms with van der Waals surface area (Å²) in [5.74, 6) is -0.00176. The van der Waals surface area contributed by atoms with E-state index in [4.69, 9.17) is 0 Å². The zero-order chi connectivity index (χ0) is 14.1. The van der Waals surface area contributed by atoms with Crippen molar-refractivity contribution < 1.29 is 14.4 Å². The third-order valence-electron chi connectivity index (χ3n) is 4.42. The number of hydrogen-bond donors (Lipinski definition) is 2. The molecule has 0 bridgehead atoms. The fourth-order valence-corrected chi connectivity index (χ4v) is 3.22. The van der Waals surface area contributed by atoms with E-state index in [9.17, 15) is 14.4 Å². The van der Waals surface area contributed by atoms with Crippen molar-refractivity contribution in [3.8, 4) is 0 Å². The Bertz CT molecular complexity index is 433. The van der Waals surface area contributed by atoms with Gasteiger partial charge in [-0.2, -0.15) is 0 Å². The molecule has 3 rings (SSSR count). The second-order valence-corrected chi connectivity index (χ2v) is 5.63. The lowest BCUT2D eigenvalue weighted by atomic mass is 9.95. The maximum absolute atomic E-state index is 12.5. The Morgan fingerprint density at radius 1 is 1.15 bits per heavy atom. The Hall–Kier alpha value is -1.63. The molecule has 0 aliphatic carbocycles. The summed E-state index contributed by atoms with van der Waals surface area (Å²) in [5, 5.41) is 5.83. The van der Waals surface area contributed by atoms with Crippen LogP contribution in [0.25, 0.3) is 0 Å². The maximum atomic E-state index is 12.5. The topological polar surface area (TPSA) is 81.8 Å². The van der Waals surface area contributed by atoms with Crippen LogP contribution >= 0.6 is 0 Å². The largest absolute Gasteiger partial charge is 0.345 e. The van der Waals surface area contributed by atoms with Crippen LogP contribution in [0.3, 0.4) is 0 Å². The van der Waals surface area contributed by atoms with E-state index in [0.29, 0.717) is 19.6 Å². The first kappa shape index (κ1) is 13.4. The van der Waals surface area contributed by atoms with E-state index in [2.05, 4.69) is 10.6 Å². The number of carbonyl (C=O) groups is 3. The lowest BCUT2D eigenvalue weighted by molar-refractivity contribution is -0.153. The third kappa shape index (κ3) is 2.37. The Kier molecular flexibility index (Phi) is 3.60. The van der Waals surface area contributed by atoms with E-state index in [1.165, 1.54) is 0 Å². The number of carbonyl (C=O) groups excluding carboxylic acids is 3. The van der Waals surface area contributed by atoms with Gasteiger partial charge in [-0.05, 0) is 25.9 Å². The minimum absolute atomic E-state index is 0.0523. The zero-order valence-electron chi connectivity index (χ0n) is 11.4. The highest BCUT2D eigenvalue weighted by atomic mass is 16.2. The van der Waals surface area contributed by atoms with Crippen LogP contribution in [0.5, 0.6) is 0 Å². The van der Waals surface area contributed by atoms with Gasteiger partial charge in [0.2, 0.25) is 17.7 Å². The zero-order valence-corrected chi connectivity index (χ0v) is 11.4. The van der Waals surface area contributed by atoms with Crippen LogP contribution in [0, 0.1) is 5.92 Å². The lowest BCUT2D eigenvalue weighted by Gasteiger charge is -2.44. The molecular formula is C13H20N4O3. The van der Waals surface area contributed by atoms with E-state index < -0.39 is 6.04 Å². The summed E-state index contributed by atoms with van der Waals surface area (Å²) in [6.45, 7) is 3.17. The summed E-state index contributed by atoms with van der Waals surface area (Å²) >= 11 is 0. The maximum Gasteiger partial charge on any atom is 0.245 e. The van der Waals surface area contributed by atoms with Crippen LogP contribution in [0.4, 0.5) is 0 Å². The lowest BCUT2D eigenvalue weighted by Crippen LogP contribution is -2.67. The molecule has 3 aliphatic heterocycles. The van der Waals surface area contributed by atoms with Gasteiger partial charge in [0, 0.05) is 19.0 Å². The number of nitrogens with one attached hydrogen (secondary N) is 2. The first-order valence-corrected chi connectivity index (χ1v) is 7.23. The second kappa shape index (κ2) is 5.40. The molecule has 7 nitrogen and oxygen atoms in total. The molecule has 0 aromatic heterocycles. The molecule has 7 heteroatoms. The van der Waals surface area contributed by atoms with Crippen molar-refractivity contribution in [1.29, 1.82) is 0 Å². The van der Waals surface area contributed by atoms with Gasteiger partial charge >= 0.3 is 0 Å². The fraction of sp³-hybridized carbons (Fsp3) is 0.769. The molecule has 1 unspecified atom stereocenters. The molecule has 3 fully saturated rings. The standard InChI is InChI=1S/C13H20N4O3/c18-11-7-15-12(19)10-8-16(5-6-17(10)11)13(20)9-1-3-14-4-2-9/h9-10,14H,1-8H2,(H,15,19). The predicted molar refractivity (Wildman–Crippen MR) is 70.7 cm³/mol. The van der Waals surface area contributed by atoms with E-state index in [0.717, 1.165) is 25.9 Å². The first-order chi connectivity index (χ1) is 9.66. The fourth-order valence-electron chi connectivity index (χ4n) is 3.22. The van der Waals surface area contributed by atoms with Crippen LogP contribution < -0.4 is 10.6 Å². The van der Waals surface area contributed by atoms with Crippen molar-refractivity contribution in [2.45, 2.75) is 18.9 Å². The molecule has 2 N–H and O–H groups in total. The Balaban J connectivity index is 1.66. The van der Waals surface area contributed by atoms with Crippen LogP contribution in [0.15, 0.2) is 0 Å². The van der Waals surface area contributed by atoms with E-state index in [1.807, 2.05) is 0 Å². The van der Waals surface area contributed by atoms with Gasteiger partial charge in [0.15, 0.2) is 0 Å².